The Morgan fingerprint density at radius 2 is 1.78 bits per heavy atom. The molecule has 27 heavy (non-hydrogen) atoms. The lowest BCUT2D eigenvalue weighted by Crippen LogP contribution is -2.49. The molecule has 142 valence electrons. The first-order valence-corrected chi connectivity index (χ1v) is 10.8. The molecule has 1 fully saturated rings. The Kier molecular flexibility index (Phi) is 6.50. The Morgan fingerprint density at radius 1 is 1.07 bits per heavy atom. The lowest BCUT2D eigenvalue weighted by Gasteiger charge is -2.33. The van der Waals surface area contributed by atoms with Gasteiger partial charge >= 0.3 is 0 Å². The Hall–Kier alpha value is -1.92. The highest BCUT2D eigenvalue weighted by Crippen LogP contribution is 2.21. The molecule has 3 rings (SSSR count). The maximum Gasteiger partial charge on any atom is 0.243 e. The zero-order chi connectivity index (χ0) is 19.3. The monoisotopic (exact) mass is 449 g/mol. The predicted molar refractivity (Wildman–Crippen MR) is 106 cm³/mol. The molecule has 0 radical (unpaired) electrons. The van der Waals surface area contributed by atoms with E-state index in [4.69, 9.17) is 10.00 Å². The summed E-state index contributed by atoms with van der Waals surface area (Å²) in [4.78, 5) is 2.51. The lowest BCUT2D eigenvalue weighted by atomic mass is 10.2. The van der Waals surface area contributed by atoms with Gasteiger partial charge < -0.3 is 4.74 Å². The van der Waals surface area contributed by atoms with Crippen molar-refractivity contribution in [2.24, 2.45) is 0 Å². The summed E-state index contributed by atoms with van der Waals surface area (Å²) < 4.78 is 33.5. The Balaban J connectivity index is 1.48. The first kappa shape index (κ1) is 19.8. The first-order valence-electron chi connectivity index (χ1n) is 8.60. The topological polar surface area (TPSA) is 73.6 Å². The minimum absolute atomic E-state index is 0.314. The number of benzene rings is 2. The maximum absolute atomic E-state index is 12.7. The second-order valence-corrected chi connectivity index (χ2v) is 9.04. The van der Waals surface area contributed by atoms with Gasteiger partial charge in [0, 0.05) is 37.2 Å². The van der Waals surface area contributed by atoms with E-state index in [0.717, 1.165) is 16.8 Å². The number of sulfonamides is 1. The highest BCUT2D eigenvalue weighted by Gasteiger charge is 2.28. The Bertz CT molecular complexity index is 918. The SMILES string of the molecule is N#Cc1ccc(OCCN2CCN(S(=O)(=O)c3cccc(Br)c3)CC2)cc1. The molecule has 0 N–H and O–H groups in total. The molecule has 0 saturated carbocycles. The number of hydrogen-bond acceptors (Lipinski definition) is 5. The van der Waals surface area contributed by atoms with Crippen LogP contribution in [0.3, 0.4) is 0 Å². The molecular weight excluding hydrogens is 430 g/mol. The number of piperazine rings is 1. The zero-order valence-electron chi connectivity index (χ0n) is 14.7. The molecule has 0 aromatic heterocycles. The summed E-state index contributed by atoms with van der Waals surface area (Å²) in [7, 11) is -3.46. The van der Waals surface area contributed by atoms with E-state index in [1.54, 1.807) is 42.5 Å². The second kappa shape index (κ2) is 8.85. The molecule has 0 unspecified atom stereocenters. The van der Waals surface area contributed by atoms with Crippen LogP contribution in [0.15, 0.2) is 57.9 Å². The van der Waals surface area contributed by atoms with E-state index in [-0.39, 0.29) is 0 Å². The Morgan fingerprint density at radius 3 is 2.41 bits per heavy atom. The molecule has 8 heteroatoms. The van der Waals surface area contributed by atoms with Crippen LogP contribution in [0.1, 0.15) is 5.56 Å². The van der Waals surface area contributed by atoms with E-state index in [9.17, 15) is 8.42 Å². The molecule has 0 aliphatic carbocycles. The van der Waals surface area contributed by atoms with Crippen molar-refractivity contribution < 1.29 is 13.2 Å². The fraction of sp³-hybridized carbons (Fsp3) is 0.316. The van der Waals surface area contributed by atoms with Crippen LogP contribution in [0.25, 0.3) is 0 Å². The van der Waals surface area contributed by atoms with Crippen LogP contribution >= 0.6 is 15.9 Å². The van der Waals surface area contributed by atoms with Gasteiger partial charge in [0.15, 0.2) is 0 Å². The normalized spacial score (nSPS) is 16.0. The van der Waals surface area contributed by atoms with Gasteiger partial charge in [0.2, 0.25) is 10.0 Å². The quantitative estimate of drug-likeness (QED) is 0.677. The van der Waals surface area contributed by atoms with Crippen LogP contribution in [0.4, 0.5) is 0 Å². The summed E-state index contributed by atoms with van der Waals surface area (Å²) in [5.74, 6) is 0.727. The van der Waals surface area contributed by atoms with Crippen molar-refractivity contribution in [3.63, 3.8) is 0 Å². The van der Waals surface area contributed by atoms with Crippen LogP contribution in [0.2, 0.25) is 0 Å². The van der Waals surface area contributed by atoms with Crippen molar-refractivity contribution in [1.82, 2.24) is 9.21 Å². The summed E-state index contributed by atoms with van der Waals surface area (Å²) in [6.45, 7) is 3.51. The van der Waals surface area contributed by atoms with Crippen molar-refractivity contribution in [2.45, 2.75) is 4.90 Å². The standard InChI is InChI=1S/C19H20BrN3O3S/c20-17-2-1-3-19(14-17)27(24,25)23-10-8-22(9-11-23)12-13-26-18-6-4-16(15-21)5-7-18/h1-7,14H,8-13H2. The van der Waals surface area contributed by atoms with Crippen molar-refractivity contribution in [1.29, 1.82) is 5.26 Å². The van der Waals surface area contributed by atoms with Gasteiger partial charge in [0.1, 0.15) is 12.4 Å². The first-order chi connectivity index (χ1) is 13.0. The van der Waals surface area contributed by atoms with Crippen LogP contribution in [0, 0.1) is 11.3 Å². The fourth-order valence-electron chi connectivity index (χ4n) is 2.89. The van der Waals surface area contributed by atoms with Crippen molar-refractivity contribution in [3.8, 4) is 11.8 Å². The van der Waals surface area contributed by atoms with Gasteiger partial charge in [0.05, 0.1) is 16.5 Å². The number of hydrogen-bond donors (Lipinski definition) is 0. The summed E-state index contributed by atoms with van der Waals surface area (Å²) in [5, 5.41) is 8.79. The fourth-order valence-corrected chi connectivity index (χ4v) is 4.91. The molecule has 0 atom stereocenters. The predicted octanol–water partition coefficient (Wildman–Crippen LogP) is 2.71. The van der Waals surface area contributed by atoms with E-state index >= 15 is 0 Å². The second-order valence-electron chi connectivity index (χ2n) is 6.19. The molecular formula is C19H20BrN3O3S. The van der Waals surface area contributed by atoms with Crippen molar-refractivity contribution >= 4 is 26.0 Å². The smallest absolute Gasteiger partial charge is 0.243 e. The molecule has 2 aromatic carbocycles. The average Bonchev–Trinajstić information content (AvgIpc) is 2.69. The van der Waals surface area contributed by atoms with Crippen molar-refractivity contribution in [3.05, 3.63) is 58.6 Å². The molecule has 0 bridgehead atoms. The van der Waals surface area contributed by atoms with E-state index in [1.807, 2.05) is 6.07 Å². The number of nitrogens with zero attached hydrogens (tertiary/aromatic N) is 3. The Labute approximate surface area is 168 Å². The largest absolute Gasteiger partial charge is 0.492 e. The van der Waals surface area contributed by atoms with Crippen LogP contribution in [-0.2, 0) is 10.0 Å². The third kappa shape index (κ3) is 5.08. The molecule has 1 aliphatic heterocycles. The molecule has 0 spiro atoms. The van der Waals surface area contributed by atoms with Crippen LogP contribution in [-0.4, -0.2) is 57.0 Å². The molecule has 1 aliphatic rings. The average molecular weight is 450 g/mol. The number of halogens is 1. The molecule has 0 amide bonds. The van der Waals surface area contributed by atoms with E-state index < -0.39 is 10.0 Å². The van der Waals surface area contributed by atoms with Gasteiger partial charge in [-0.1, -0.05) is 22.0 Å². The van der Waals surface area contributed by atoms with Gasteiger partial charge in [-0.25, -0.2) is 8.42 Å². The zero-order valence-corrected chi connectivity index (χ0v) is 17.1. The minimum atomic E-state index is -3.46. The van der Waals surface area contributed by atoms with Gasteiger partial charge in [-0.15, -0.1) is 0 Å². The van der Waals surface area contributed by atoms with Gasteiger partial charge in [0.25, 0.3) is 0 Å². The number of rotatable bonds is 6. The highest BCUT2D eigenvalue weighted by molar-refractivity contribution is 9.10. The van der Waals surface area contributed by atoms with Crippen LogP contribution in [0.5, 0.6) is 5.75 Å². The van der Waals surface area contributed by atoms with Crippen molar-refractivity contribution in [2.75, 3.05) is 39.3 Å². The minimum Gasteiger partial charge on any atom is -0.492 e. The van der Waals surface area contributed by atoms with E-state index in [1.165, 1.54) is 4.31 Å². The summed E-state index contributed by atoms with van der Waals surface area (Å²) in [6, 6.07) is 15.9. The number of ether oxygens (including phenoxy) is 1. The third-order valence-electron chi connectivity index (χ3n) is 4.42. The number of nitriles is 1. The van der Waals surface area contributed by atoms with E-state index in [2.05, 4.69) is 26.9 Å². The summed E-state index contributed by atoms with van der Waals surface area (Å²) >= 11 is 3.32. The molecule has 2 aromatic rings. The van der Waals surface area contributed by atoms with Gasteiger partial charge in [-0.3, -0.25) is 4.90 Å². The van der Waals surface area contributed by atoms with E-state index in [0.29, 0.717) is 43.2 Å². The highest BCUT2D eigenvalue weighted by atomic mass is 79.9. The van der Waals surface area contributed by atoms with Gasteiger partial charge in [-0.05, 0) is 42.5 Å². The summed E-state index contributed by atoms with van der Waals surface area (Å²) in [5.41, 5.74) is 0.602. The third-order valence-corrected chi connectivity index (χ3v) is 6.81. The maximum atomic E-state index is 12.7. The molecule has 6 nitrogen and oxygen atoms in total. The molecule has 1 heterocycles. The van der Waals surface area contributed by atoms with Crippen LogP contribution < -0.4 is 4.74 Å². The molecule has 1 saturated heterocycles. The van der Waals surface area contributed by atoms with Gasteiger partial charge in [-0.2, -0.15) is 9.57 Å². The summed E-state index contributed by atoms with van der Waals surface area (Å²) in [6.07, 6.45) is 0. The lowest BCUT2D eigenvalue weighted by molar-refractivity contribution is 0.159.